The number of rotatable bonds is 6. The lowest BCUT2D eigenvalue weighted by Gasteiger charge is -2.20. The summed E-state index contributed by atoms with van der Waals surface area (Å²) in [5, 5.41) is 6.71. The number of halogens is 1. The van der Waals surface area contributed by atoms with Crippen molar-refractivity contribution in [1.29, 1.82) is 0 Å². The number of benzene rings is 2. The highest BCUT2D eigenvalue weighted by Crippen LogP contribution is 2.21. The van der Waals surface area contributed by atoms with Crippen LogP contribution in [0.2, 0.25) is 5.02 Å². The van der Waals surface area contributed by atoms with Crippen LogP contribution in [-0.2, 0) is 11.3 Å². The minimum absolute atomic E-state index is 0.141. The minimum Gasteiger partial charge on any atom is -0.497 e. The molecule has 25 heavy (non-hydrogen) atoms. The molecule has 1 fully saturated rings. The Morgan fingerprint density at radius 1 is 1.16 bits per heavy atom. The number of hydrazine groups is 2. The molecule has 1 aliphatic heterocycles. The SMILES string of the molecule is COc1ccc(CNC(=O)C2NNNC2Nc2ccccc2Cl)cc1. The van der Waals surface area contributed by atoms with E-state index >= 15 is 0 Å². The van der Waals surface area contributed by atoms with Crippen LogP contribution in [0.3, 0.4) is 0 Å². The maximum absolute atomic E-state index is 12.5. The van der Waals surface area contributed by atoms with Crippen molar-refractivity contribution < 1.29 is 9.53 Å². The summed E-state index contributed by atoms with van der Waals surface area (Å²) in [6.07, 6.45) is -0.351. The summed E-state index contributed by atoms with van der Waals surface area (Å²) in [6, 6.07) is 14.4. The van der Waals surface area contributed by atoms with Gasteiger partial charge in [-0.1, -0.05) is 35.9 Å². The van der Waals surface area contributed by atoms with Gasteiger partial charge in [0.25, 0.3) is 0 Å². The van der Waals surface area contributed by atoms with Crippen molar-refractivity contribution in [3.63, 3.8) is 0 Å². The first kappa shape index (κ1) is 17.5. The number of carbonyl (C=O) groups excluding carboxylic acids is 1. The largest absolute Gasteiger partial charge is 0.497 e. The molecule has 5 N–H and O–H groups in total. The molecule has 8 heteroatoms. The third-order valence-corrected chi connectivity index (χ3v) is 4.21. The molecule has 0 radical (unpaired) electrons. The molecule has 0 bridgehead atoms. The first-order valence-corrected chi connectivity index (χ1v) is 8.23. The number of amides is 1. The number of anilines is 1. The molecule has 0 aromatic heterocycles. The Balaban J connectivity index is 1.57. The molecule has 1 aliphatic rings. The molecule has 3 rings (SSSR count). The van der Waals surface area contributed by atoms with E-state index < -0.39 is 6.04 Å². The van der Waals surface area contributed by atoms with E-state index in [2.05, 4.69) is 27.0 Å². The number of hydrogen-bond donors (Lipinski definition) is 5. The van der Waals surface area contributed by atoms with Crippen LogP contribution >= 0.6 is 11.6 Å². The number of para-hydroxylation sites is 1. The van der Waals surface area contributed by atoms with Gasteiger partial charge in [-0.3, -0.25) is 4.79 Å². The van der Waals surface area contributed by atoms with Crippen LogP contribution in [0.15, 0.2) is 48.5 Å². The lowest BCUT2D eigenvalue weighted by Crippen LogP contribution is -2.50. The minimum atomic E-state index is -0.505. The standard InChI is InChI=1S/C17H20ClN5O2/c1-25-12-8-6-11(7-9-12)10-19-17(24)15-16(22-23-21-15)20-14-5-3-2-4-13(14)18/h2-9,15-16,20-23H,10H2,1H3,(H,19,24). The van der Waals surface area contributed by atoms with E-state index in [1.807, 2.05) is 42.5 Å². The average molecular weight is 362 g/mol. The molecule has 7 nitrogen and oxygen atoms in total. The third-order valence-electron chi connectivity index (χ3n) is 3.88. The summed E-state index contributed by atoms with van der Waals surface area (Å²) in [4.78, 5) is 12.5. The monoisotopic (exact) mass is 361 g/mol. The van der Waals surface area contributed by atoms with E-state index in [0.29, 0.717) is 11.6 Å². The highest BCUT2D eigenvalue weighted by atomic mass is 35.5. The number of carbonyl (C=O) groups is 1. The van der Waals surface area contributed by atoms with Crippen molar-refractivity contribution in [3.8, 4) is 5.75 Å². The van der Waals surface area contributed by atoms with Crippen LogP contribution in [-0.4, -0.2) is 25.2 Å². The van der Waals surface area contributed by atoms with Gasteiger partial charge in [0.1, 0.15) is 18.0 Å². The molecule has 1 saturated heterocycles. The van der Waals surface area contributed by atoms with Crippen molar-refractivity contribution in [3.05, 3.63) is 59.1 Å². The molecule has 0 aliphatic carbocycles. The molecule has 1 amide bonds. The molecular formula is C17H20ClN5O2. The van der Waals surface area contributed by atoms with E-state index in [1.54, 1.807) is 13.2 Å². The number of ether oxygens (including phenoxy) is 1. The zero-order chi connectivity index (χ0) is 17.6. The van der Waals surface area contributed by atoms with Crippen molar-refractivity contribution in [2.75, 3.05) is 12.4 Å². The van der Waals surface area contributed by atoms with Crippen LogP contribution < -0.4 is 31.8 Å². The van der Waals surface area contributed by atoms with E-state index in [4.69, 9.17) is 16.3 Å². The molecular weight excluding hydrogens is 342 g/mol. The van der Waals surface area contributed by atoms with E-state index in [1.165, 1.54) is 0 Å². The Morgan fingerprint density at radius 2 is 1.92 bits per heavy atom. The van der Waals surface area contributed by atoms with Crippen molar-refractivity contribution in [2.45, 2.75) is 18.8 Å². The first-order valence-electron chi connectivity index (χ1n) is 7.85. The van der Waals surface area contributed by atoms with Gasteiger partial charge >= 0.3 is 0 Å². The van der Waals surface area contributed by atoms with E-state index in [9.17, 15) is 4.79 Å². The van der Waals surface area contributed by atoms with Crippen molar-refractivity contribution >= 4 is 23.2 Å². The smallest absolute Gasteiger partial charge is 0.242 e. The Kier molecular flexibility index (Phi) is 5.72. The Hall–Kier alpha value is -2.32. The summed E-state index contributed by atoms with van der Waals surface area (Å²) in [6.45, 7) is 0.430. The Morgan fingerprint density at radius 3 is 2.64 bits per heavy atom. The number of hydrogen-bond acceptors (Lipinski definition) is 6. The Labute approximate surface area is 151 Å². The predicted octanol–water partition coefficient (Wildman–Crippen LogP) is 1.38. The molecule has 2 aromatic carbocycles. The summed E-state index contributed by atoms with van der Waals surface area (Å²) in [5.41, 5.74) is 10.4. The maximum atomic E-state index is 12.5. The van der Waals surface area contributed by atoms with Gasteiger partial charge < -0.3 is 15.4 Å². The van der Waals surface area contributed by atoms with Gasteiger partial charge in [-0.15, -0.1) is 0 Å². The van der Waals surface area contributed by atoms with Crippen LogP contribution in [0.25, 0.3) is 0 Å². The molecule has 132 valence electrons. The number of methoxy groups -OCH3 is 1. The summed E-state index contributed by atoms with van der Waals surface area (Å²) >= 11 is 6.15. The maximum Gasteiger partial charge on any atom is 0.242 e. The van der Waals surface area contributed by atoms with Crippen molar-refractivity contribution in [1.82, 2.24) is 21.7 Å². The first-order chi connectivity index (χ1) is 12.2. The van der Waals surface area contributed by atoms with Gasteiger partial charge in [-0.2, -0.15) is 5.53 Å². The highest BCUT2D eigenvalue weighted by molar-refractivity contribution is 6.33. The van der Waals surface area contributed by atoms with Crippen LogP contribution in [0.4, 0.5) is 5.69 Å². The normalized spacial score (nSPS) is 19.4. The van der Waals surface area contributed by atoms with Crippen LogP contribution in [0.5, 0.6) is 5.75 Å². The zero-order valence-corrected chi connectivity index (χ0v) is 14.4. The fraction of sp³-hybridized carbons (Fsp3) is 0.235. The summed E-state index contributed by atoms with van der Waals surface area (Å²) < 4.78 is 5.12. The molecule has 2 aromatic rings. The summed E-state index contributed by atoms with van der Waals surface area (Å²) in [5.74, 6) is 0.641. The fourth-order valence-electron chi connectivity index (χ4n) is 2.49. The zero-order valence-electron chi connectivity index (χ0n) is 13.7. The van der Waals surface area contributed by atoms with Gasteiger partial charge in [0.2, 0.25) is 5.91 Å². The average Bonchev–Trinajstić information content (AvgIpc) is 3.10. The van der Waals surface area contributed by atoms with Gasteiger partial charge in [0.15, 0.2) is 0 Å². The molecule has 2 atom stereocenters. The second-order valence-electron chi connectivity index (χ2n) is 5.56. The Bertz CT molecular complexity index is 725. The fourth-order valence-corrected chi connectivity index (χ4v) is 2.68. The second kappa shape index (κ2) is 8.17. The van der Waals surface area contributed by atoms with Gasteiger partial charge in [-0.25, -0.2) is 10.9 Å². The lowest BCUT2D eigenvalue weighted by molar-refractivity contribution is -0.123. The van der Waals surface area contributed by atoms with E-state index in [-0.39, 0.29) is 12.1 Å². The molecule has 0 saturated carbocycles. The van der Waals surface area contributed by atoms with Gasteiger partial charge in [0.05, 0.1) is 17.8 Å². The van der Waals surface area contributed by atoms with E-state index in [0.717, 1.165) is 17.0 Å². The summed E-state index contributed by atoms with van der Waals surface area (Å²) in [7, 11) is 1.62. The van der Waals surface area contributed by atoms with Crippen LogP contribution in [0, 0.1) is 0 Å². The quantitative estimate of drug-likeness (QED) is 0.534. The molecule has 1 heterocycles. The second-order valence-corrected chi connectivity index (χ2v) is 5.97. The van der Waals surface area contributed by atoms with Gasteiger partial charge in [-0.05, 0) is 29.8 Å². The van der Waals surface area contributed by atoms with Crippen LogP contribution in [0.1, 0.15) is 5.56 Å². The van der Waals surface area contributed by atoms with Gasteiger partial charge in [0, 0.05) is 6.54 Å². The lowest BCUT2D eigenvalue weighted by atomic mass is 10.2. The third kappa shape index (κ3) is 4.40. The number of nitrogens with one attached hydrogen (secondary N) is 5. The topological polar surface area (TPSA) is 86.5 Å². The van der Waals surface area contributed by atoms with Crippen molar-refractivity contribution in [2.24, 2.45) is 0 Å². The predicted molar refractivity (Wildman–Crippen MR) is 96.9 cm³/mol. The molecule has 2 unspecified atom stereocenters. The molecule has 0 spiro atoms. The highest BCUT2D eigenvalue weighted by Gasteiger charge is 2.32.